The van der Waals surface area contributed by atoms with E-state index in [0.717, 1.165) is 5.69 Å². The molecule has 108 valence electrons. The molecule has 1 fully saturated rings. The SMILES string of the molecule is CCN(CC)C(=O)C1CC(=O)N(c2cccc(Cl)c2)C1. The van der Waals surface area contributed by atoms with Gasteiger partial charge in [-0.15, -0.1) is 0 Å². The molecule has 0 aliphatic carbocycles. The van der Waals surface area contributed by atoms with Crippen LogP contribution in [0, 0.1) is 5.92 Å². The zero-order chi connectivity index (χ0) is 14.7. The quantitative estimate of drug-likeness (QED) is 0.856. The van der Waals surface area contributed by atoms with Crippen molar-refractivity contribution in [3.8, 4) is 0 Å². The predicted molar refractivity (Wildman–Crippen MR) is 79.8 cm³/mol. The van der Waals surface area contributed by atoms with E-state index in [1.165, 1.54) is 0 Å². The number of hydrogen-bond donors (Lipinski definition) is 0. The smallest absolute Gasteiger partial charge is 0.227 e. The van der Waals surface area contributed by atoms with Gasteiger partial charge in [-0.25, -0.2) is 0 Å². The molecule has 1 heterocycles. The summed E-state index contributed by atoms with van der Waals surface area (Å²) in [5, 5.41) is 0.591. The Labute approximate surface area is 124 Å². The third-order valence-electron chi connectivity index (χ3n) is 3.67. The number of amides is 2. The number of carbonyl (C=O) groups excluding carboxylic acids is 2. The van der Waals surface area contributed by atoms with Crippen molar-refractivity contribution in [2.45, 2.75) is 20.3 Å². The summed E-state index contributed by atoms with van der Waals surface area (Å²) in [6, 6.07) is 7.17. The summed E-state index contributed by atoms with van der Waals surface area (Å²) in [5.41, 5.74) is 0.761. The average Bonchev–Trinajstić information content (AvgIpc) is 2.82. The number of benzene rings is 1. The van der Waals surface area contributed by atoms with Crippen LogP contribution in [0.3, 0.4) is 0 Å². The normalized spacial score (nSPS) is 18.4. The maximum atomic E-state index is 12.3. The molecule has 2 amide bonds. The van der Waals surface area contributed by atoms with Crippen LogP contribution < -0.4 is 4.90 Å². The standard InChI is InChI=1S/C15H19ClN2O2/c1-3-17(4-2)15(20)11-8-14(19)18(10-11)13-7-5-6-12(16)9-13/h5-7,9,11H,3-4,8,10H2,1-2H3. The fourth-order valence-corrected chi connectivity index (χ4v) is 2.74. The van der Waals surface area contributed by atoms with Gasteiger partial charge >= 0.3 is 0 Å². The predicted octanol–water partition coefficient (Wildman–Crippen LogP) is 2.56. The Morgan fingerprint density at radius 2 is 2.10 bits per heavy atom. The molecule has 1 unspecified atom stereocenters. The Bertz CT molecular complexity index is 514. The maximum absolute atomic E-state index is 12.3. The first-order valence-electron chi connectivity index (χ1n) is 6.91. The van der Waals surface area contributed by atoms with Crippen LogP contribution in [0.2, 0.25) is 5.02 Å². The van der Waals surface area contributed by atoms with Crippen LogP contribution in [-0.2, 0) is 9.59 Å². The molecule has 1 aliphatic rings. The molecule has 4 nitrogen and oxygen atoms in total. The van der Waals surface area contributed by atoms with Crippen LogP contribution in [0.1, 0.15) is 20.3 Å². The van der Waals surface area contributed by atoms with Crippen LogP contribution in [-0.4, -0.2) is 36.3 Å². The molecule has 1 aliphatic heterocycles. The van der Waals surface area contributed by atoms with E-state index in [2.05, 4.69) is 0 Å². The van der Waals surface area contributed by atoms with Gasteiger partial charge in [-0.05, 0) is 32.0 Å². The number of nitrogens with zero attached hydrogens (tertiary/aromatic N) is 2. The average molecular weight is 295 g/mol. The van der Waals surface area contributed by atoms with E-state index in [9.17, 15) is 9.59 Å². The Balaban J connectivity index is 2.13. The molecule has 1 saturated heterocycles. The number of halogens is 1. The van der Waals surface area contributed by atoms with Crippen molar-refractivity contribution in [3.63, 3.8) is 0 Å². The van der Waals surface area contributed by atoms with Crippen molar-refractivity contribution < 1.29 is 9.59 Å². The van der Waals surface area contributed by atoms with Crippen molar-refractivity contribution in [3.05, 3.63) is 29.3 Å². The molecule has 2 rings (SSSR count). The Hall–Kier alpha value is -1.55. The van der Waals surface area contributed by atoms with Crippen LogP contribution >= 0.6 is 11.6 Å². The van der Waals surface area contributed by atoms with Crippen LogP contribution in [0.5, 0.6) is 0 Å². The van der Waals surface area contributed by atoms with Crippen molar-refractivity contribution >= 4 is 29.1 Å². The first-order valence-corrected chi connectivity index (χ1v) is 7.29. The molecule has 1 atom stereocenters. The largest absolute Gasteiger partial charge is 0.343 e. The van der Waals surface area contributed by atoms with E-state index in [1.54, 1.807) is 21.9 Å². The van der Waals surface area contributed by atoms with Gasteiger partial charge < -0.3 is 9.80 Å². The van der Waals surface area contributed by atoms with Gasteiger partial charge in [0.1, 0.15) is 0 Å². The van der Waals surface area contributed by atoms with E-state index in [0.29, 0.717) is 24.7 Å². The lowest BCUT2D eigenvalue weighted by atomic mass is 10.1. The lowest BCUT2D eigenvalue weighted by Crippen LogP contribution is -2.37. The monoisotopic (exact) mass is 294 g/mol. The summed E-state index contributed by atoms with van der Waals surface area (Å²) in [6.45, 7) is 5.70. The van der Waals surface area contributed by atoms with Crippen molar-refractivity contribution in [1.29, 1.82) is 0 Å². The summed E-state index contributed by atoms with van der Waals surface area (Å²) < 4.78 is 0. The second-order valence-corrected chi connectivity index (χ2v) is 5.33. The molecule has 1 aromatic rings. The van der Waals surface area contributed by atoms with Gasteiger partial charge in [0.05, 0.1) is 5.92 Å². The first-order chi connectivity index (χ1) is 9.56. The zero-order valence-electron chi connectivity index (χ0n) is 11.8. The van der Waals surface area contributed by atoms with E-state index in [-0.39, 0.29) is 24.2 Å². The third-order valence-corrected chi connectivity index (χ3v) is 3.90. The van der Waals surface area contributed by atoms with Crippen molar-refractivity contribution in [2.75, 3.05) is 24.5 Å². The number of hydrogen-bond acceptors (Lipinski definition) is 2. The molecule has 1 aromatic carbocycles. The molecule has 0 spiro atoms. The second kappa shape index (κ2) is 6.27. The highest BCUT2D eigenvalue weighted by Crippen LogP contribution is 2.28. The number of rotatable bonds is 4. The van der Waals surface area contributed by atoms with Gasteiger partial charge in [-0.1, -0.05) is 17.7 Å². The molecule has 20 heavy (non-hydrogen) atoms. The lowest BCUT2D eigenvalue weighted by Gasteiger charge is -2.22. The summed E-state index contributed by atoms with van der Waals surface area (Å²) in [7, 11) is 0. The molecule has 0 aromatic heterocycles. The minimum Gasteiger partial charge on any atom is -0.343 e. The van der Waals surface area contributed by atoms with E-state index in [4.69, 9.17) is 11.6 Å². The molecule has 0 radical (unpaired) electrons. The number of carbonyl (C=O) groups is 2. The highest BCUT2D eigenvalue weighted by Gasteiger charge is 2.36. The molecule has 0 N–H and O–H groups in total. The molecular formula is C15H19ClN2O2. The minimum absolute atomic E-state index is 0.0160. The number of anilines is 1. The zero-order valence-corrected chi connectivity index (χ0v) is 12.6. The van der Waals surface area contributed by atoms with Gasteiger partial charge in [0.2, 0.25) is 11.8 Å². The third kappa shape index (κ3) is 2.96. The minimum atomic E-state index is -0.249. The Morgan fingerprint density at radius 1 is 1.40 bits per heavy atom. The summed E-state index contributed by atoms with van der Waals surface area (Å²) >= 11 is 5.95. The van der Waals surface area contributed by atoms with E-state index in [1.807, 2.05) is 26.0 Å². The summed E-state index contributed by atoms with van der Waals surface area (Å²) in [4.78, 5) is 27.9. The lowest BCUT2D eigenvalue weighted by molar-refractivity contribution is -0.135. The fraction of sp³-hybridized carbons (Fsp3) is 0.467. The Morgan fingerprint density at radius 3 is 2.70 bits per heavy atom. The maximum Gasteiger partial charge on any atom is 0.227 e. The van der Waals surface area contributed by atoms with E-state index < -0.39 is 0 Å². The fourth-order valence-electron chi connectivity index (χ4n) is 2.56. The van der Waals surface area contributed by atoms with Gasteiger partial charge in [-0.2, -0.15) is 0 Å². The highest BCUT2D eigenvalue weighted by atomic mass is 35.5. The molecule has 0 bridgehead atoms. The topological polar surface area (TPSA) is 40.6 Å². The van der Waals surface area contributed by atoms with E-state index >= 15 is 0 Å². The van der Waals surface area contributed by atoms with Gasteiger partial charge in [-0.3, -0.25) is 9.59 Å². The van der Waals surface area contributed by atoms with Crippen molar-refractivity contribution in [1.82, 2.24) is 4.90 Å². The van der Waals surface area contributed by atoms with Crippen LogP contribution in [0.15, 0.2) is 24.3 Å². The second-order valence-electron chi connectivity index (χ2n) is 4.90. The van der Waals surface area contributed by atoms with Crippen molar-refractivity contribution in [2.24, 2.45) is 5.92 Å². The molecular weight excluding hydrogens is 276 g/mol. The van der Waals surface area contributed by atoms with Gasteiger partial charge in [0, 0.05) is 36.8 Å². The van der Waals surface area contributed by atoms with Crippen LogP contribution in [0.25, 0.3) is 0 Å². The van der Waals surface area contributed by atoms with Gasteiger partial charge in [0.25, 0.3) is 0 Å². The molecule has 0 saturated carbocycles. The summed E-state index contributed by atoms with van der Waals surface area (Å²) in [6.07, 6.45) is 0.280. The molecule has 5 heteroatoms. The summed E-state index contributed by atoms with van der Waals surface area (Å²) in [5.74, 6) is -0.202. The van der Waals surface area contributed by atoms with Crippen LogP contribution in [0.4, 0.5) is 5.69 Å². The highest BCUT2D eigenvalue weighted by molar-refractivity contribution is 6.30. The Kier molecular flexibility index (Phi) is 4.65. The first kappa shape index (κ1) is 14.9. The van der Waals surface area contributed by atoms with Gasteiger partial charge in [0.15, 0.2) is 0 Å².